The Morgan fingerprint density at radius 3 is 2.79 bits per heavy atom. The molecule has 0 spiro atoms. The summed E-state index contributed by atoms with van der Waals surface area (Å²) in [6.07, 6.45) is 0.0659. The summed E-state index contributed by atoms with van der Waals surface area (Å²) in [5, 5.41) is 0.249. The Hall–Kier alpha value is -1.09. The molecule has 0 aliphatic heterocycles. The Labute approximate surface area is 86.6 Å². The molecule has 1 aromatic rings. The van der Waals surface area contributed by atoms with Crippen LogP contribution in [0.2, 0.25) is 5.02 Å². The molecular weight excluding hydrogens is 207 g/mol. The van der Waals surface area contributed by atoms with Gasteiger partial charge in [-0.05, 0) is 24.1 Å². The van der Waals surface area contributed by atoms with Crippen LogP contribution in [0.5, 0.6) is 0 Å². The molecule has 0 aliphatic rings. The third-order valence-electron chi connectivity index (χ3n) is 1.89. The van der Waals surface area contributed by atoms with Crippen molar-refractivity contribution in [1.29, 1.82) is 0 Å². The molecule has 0 bridgehead atoms. The van der Waals surface area contributed by atoms with Gasteiger partial charge in [0.15, 0.2) is 0 Å². The van der Waals surface area contributed by atoms with Crippen molar-refractivity contribution in [2.24, 2.45) is 0 Å². The minimum Gasteiger partial charge on any atom is -0.469 e. The number of ether oxygens (including phenoxy) is 1. The van der Waals surface area contributed by atoms with Crippen LogP contribution >= 0.6 is 11.6 Å². The Balaban J connectivity index is 2.98. The molecule has 0 radical (unpaired) electrons. The number of aryl methyl sites for hydroxylation is 1. The van der Waals surface area contributed by atoms with Gasteiger partial charge in [-0.1, -0.05) is 17.7 Å². The minimum absolute atomic E-state index is 0.0659. The zero-order chi connectivity index (χ0) is 10.7. The number of carbonyl (C=O) groups is 1. The summed E-state index contributed by atoms with van der Waals surface area (Å²) < 4.78 is 17.5. The van der Waals surface area contributed by atoms with Crippen molar-refractivity contribution >= 4 is 17.6 Å². The molecule has 0 saturated carbocycles. The lowest BCUT2D eigenvalue weighted by molar-refractivity contribution is -0.139. The van der Waals surface area contributed by atoms with Crippen LogP contribution in [0, 0.1) is 12.7 Å². The van der Waals surface area contributed by atoms with Gasteiger partial charge < -0.3 is 4.74 Å². The molecule has 4 heteroatoms. The molecule has 0 saturated heterocycles. The van der Waals surface area contributed by atoms with Gasteiger partial charge in [-0.25, -0.2) is 4.39 Å². The van der Waals surface area contributed by atoms with Gasteiger partial charge in [0.2, 0.25) is 0 Å². The van der Waals surface area contributed by atoms with E-state index in [1.165, 1.54) is 13.2 Å². The summed E-state index contributed by atoms with van der Waals surface area (Å²) in [5.74, 6) is -0.762. The zero-order valence-electron chi connectivity index (χ0n) is 7.93. The van der Waals surface area contributed by atoms with Crippen LogP contribution in [-0.4, -0.2) is 13.1 Å². The number of rotatable bonds is 2. The Bertz CT molecular complexity index is 363. The van der Waals surface area contributed by atoms with E-state index in [-0.39, 0.29) is 17.3 Å². The molecule has 1 aromatic carbocycles. The van der Waals surface area contributed by atoms with Crippen LogP contribution < -0.4 is 0 Å². The summed E-state index contributed by atoms with van der Waals surface area (Å²) in [6, 6.07) is 2.75. The molecule has 0 fully saturated rings. The second-order valence-corrected chi connectivity index (χ2v) is 3.35. The first-order valence-electron chi connectivity index (χ1n) is 4.06. The van der Waals surface area contributed by atoms with Crippen molar-refractivity contribution < 1.29 is 13.9 Å². The fraction of sp³-hybridized carbons (Fsp3) is 0.300. The number of methoxy groups -OCH3 is 1. The largest absolute Gasteiger partial charge is 0.469 e. The molecule has 0 aromatic heterocycles. The average molecular weight is 217 g/mol. The van der Waals surface area contributed by atoms with E-state index >= 15 is 0 Å². The number of hydrogen-bond acceptors (Lipinski definition) is 2. The number of carbonyl (C=O) groups excluding carboxylic acids is 1. The Kier molecular flexibility index (Phi) is 3.47. The number of hydrogen-bond donors (Lipinski definition) is 0. The molecule has 0 amide bonds. The maximum atomic E-state index is 13.0. The maximum Gasteiger partial charge on any atom is 0.310 e. The average Bonchev–Trinajstić information content (AvgIpc) is 2.14. The first-order chi connectivity index (χ1) is 6.54. The molecule has 0 aliphatic carbocycles. The maximum absolute atomic E-state index is 13.0. The zero-order valence-corrected chi connectivity index (χ0v) is 8.69. The van der Waals surface area contributed by atoms with E-state index in [2.05, 4.69) is 4.74 Å². The Morgan fingerprint density at radius 1 is 1.57 bits per heavy atom. The normalized spacial score (nSPS) is 10.0. The lowest BCUT2D eigenvalue weighted by Crippen LogP contribution is -2.05. The van der Waals surface area contributed by atoms with Gasteiger partial charge >= 0.3 is 5.97 Å². The quantitative estimate of drug-likeness (QED) is 0.710. The van der Waals surface area contributed by atoms with E-state index in [0.717, 1.165) is 0 Å². The van der Waals surface area contributed by atoms with Crippen LogP contribution in [0.4, 0.5) is 4.39 Å². The molecule has 0 atom stereocenters. The van der Waals surface area contributed by atoms with Crippen LogP contribution in [0.25, 0.3) is 0 Å². The number of halogens is 2. The van der Waals surface area contributed by atoms with E-state index < -0.39 is 5.97 Å². The fourth-order valence-electron chi connectivity index (χ4n) is 1.08. The van der Waals surface area contributed by atoms with E-state index in [1.54, 1.807) is 13.0 Å². The molecule has 0 heterocycles. The van der Waals surface area contributed by atoms with Crippen LogP contribution in [0.15, 0.2) is 12.1 Å². The molecule has 0 unspecified atom stereocenters. The smallest absolute Gasteiger partial charge is 0.310 e. The highest BCUT2D eigenvalue weighted by molar-refractivity contribution is 6.31. The molecule has 76 valence electrons. The van der Waals surface area contributed by atoms with Crippen molar-refractivity contribution in [1.82, 2.24) is 0 Å². The van der Waals surface area contributed by atoms with Gasteiger partial charge in [-0.2, -0.15) is 0 Å². The van der Waals surface area contributed by atoms with Crippen LogP contribution in [0.1, 0.15) is 11.1 Å². The topological polar surface area (TPSA) is 26.3 Å². The summed E-state index contributed by atoms with van der Waals surface area (Å²) in [5.41, 5.74) is 1.05. The lowest BCUT2D eigenvalue weighted by atomic mass is 10.1. The van der Waals surface area contributed by atoms with Gasteiger partial charge in [-0.15, -0.1) is 0 Å². The van der Waals surface area contributed by atoms with Crippen molar-refractivity contribution in [2.45, 2.75) is 13.3 Å². The first-order valence-corrected chi connectivity index (χ1v) is 4.43. The summed E-state index contributed by atoms with van der Waals surface area (Å²) in [6.45, 7) is 1.62. The highest BCUT2D eigenvalue weighted by Crippen LogP contribution is 2.20. The minimum atomic E-state index is -0.391. The Morgan fingerprint density at radius 2 is 2.21 bits per heavy atom. The fourth-order valence-corrected chi connectivity index (χ4v) is 1.30. The summed E-state index contributed by atoms with van der Waals surface area (Å²) in [4.78, 5) is 11.0. The predicted octanol–water partition coefficient (Wildman–Crippen LogP) is 2.50. The molecular formula is C10H10ClFO2. The monoisotopic (exact) mass is 216 g/mol. The second kappa shape index (κ2) is 4.42. The van der Waals surface area contributed by atoms with E-state index in [4.69, 9.17) is 11.6 Å². The van der Waals surface area contributed by atoms with Gasteiger partial charge in [0.25, 0.3) is 0 Å². The third kappa shape index (κ3) is 2.45. The van der Waals surface area contributed by atoms with Crippen molar-refractivity contribution in [3.63, 3.8) is 0 Å². The molecule has 1 rings (SSSR count). The standard InChI is InChI=1S/C10H10ClFO2/c1-6-3-7(4-10(13)14-2)8(11)5-9(6)12/h3,5H,4H2,1-2H3. The summed E-state index contributed by atoms with van der Waals surface area (Å²) >= 11 is 5.75. The number of benzene rings is 1. The van der Waals surface area contributed by atoms with E-state index in [0.29, 0.717) is 11.1 Å². The van der Waals surface area contributed by atoms with Crippen LogP contribution in [-0.2, 0) is 16.0 Å². The second-order valence-electron chi connectivity index (χ2n) is 2.95. The molecule has 14 heavy (non-hydrogen) atoms. The van der Waals surface area contributed by atoms with Gasteiger partial charge in [0.05, 0.1) is 13.5 Å². The van der Waals surface area contributed by atoms with Crippen molar-refractivity contribution in [2.75, 3.05) is 7.11 Å². The molecule has 0 N–H and O–H groups in total. The molecule has 2 nitrogen and oxygen atoms in total. The van der Waals surface area contributed by atoms with Gasteiger partial charge in [0, 0.05) is 5.02 Å². The number of esters is 1. The summed E-state index contributed by atoms with van der Waals surface area (Å²) in [7, 11) is 1.30. The van der Waals surface area contributed by atoms with Crippen molar-refractivity contribution in [3.05, 3.63) is 34.1 Å². The van der Waals surface area contributed by atoms with Gasteiger partial charge in [0.1, 0.15) is 5.82 Å². The highest BCUT2D eigenvalue weighted by atomic mass is 35.5. The lowest BCUT2D eigenvalue weighted by Gasteiger charge is -2.05. The highest BCUT2D eigenvalue weighted by Gasteiger charge is 2.09. The van der Waals surface area contributed by atoms with Crippen molar-refractivity contribution in [3.8, 4) is 0 Å². The first kappa shape index (κ1) is 11.0. The SMILES string of the molecule is COC(=O)Cc1cc(C)c(F)cc1Cl. The van der Waals surface area contributed by atoms with E-state index in [9.17, 15) is 9.18 Å². The van der Waals surface area contributed by atoms with Gasteiger partial charge in [-0.3, -0.25) is 4.79 Å². The van der Waals surface area contributed by atoms with Crippen LogP contribution in [0.3, 0.4) is 0 Å². The van der Waals surface area contributed by atoms with E-state index in [1.807, 2.05) is 0 Å². The third-order valence-corrected chi connectivity index (χ3v) is 2.24. The predicted molar refractivity (Wildman–Crippen MR) is 51.9 cm³/mol.